The summed E-state index contributed by atoms with van der Waals surface area (Å²) in [6.07, 6.45) is 4.10. The summed E-state index contributed by atoms with van der Waals surface area (Å²) in [5.41, 5.74) is 0.704. The lowest BCUT2D eigenvalue weighted by atomic mass is 10.2. The molecule has 114 valence electrons. The first-order valence-corrected chi connectivity index (χ1v) is 6.63. The Bertz CT molecular complexity index is 639. The number of nitrogens with zero attached hydrogens (tertiary/aromatic N) is 1. The second-order valence-corrected chi connectivity index (χ2v) is 4.38. The fraction of sp³-hybridized carbons (Fsp3) is 0.125. The lowest BCUT2D eigenvalue weighted by Gasteiger charge is -2.08. The number of benzene rings is 1. The lowest BCUT2D eigenvalue weighted by Crippen LogP contribution is -2.12. The van der Waals surface area contributed by atoms with Gasteiger partial charge in [-0.1, -0.05) is 0 Å². The number of carboxylic acid groups (broad SMARTS) is 1. The maximum Gasteiger partial charge on any atom is 0.328 e. The van der Waals surface area contributed by atoms with Crippen LogP contribution in [0.5, 0.6) is 5.75 Å². The Labute approximate surface area is 127 Å². The minimum absolute atomic E-state index is 0.299. The van der Waals surface area contributed by atoms with Crippen molar-refractivity contribution in [3.05, 3.63) is 60.1 Å². The molecular formula is C16H15FN2O3. The lowest BCUT2D eigenvalue weighted by molar-refractivity contribution is -0.131. The molecule has 1 heterocycles. The average Bonchev–Trinajstić information content (AvgIpc) is 2.52. The Hall–Kier alpha value is -2.89. The number of anilines is 1. The number of hydrogen-bond acceptors (Lipinski definition) is 4. The Morgan fingerprint density at radius 3 is 2.68 bits per heavy atom. The fourth-order valence-electron chi connectivity index (χ4n) is 1.65. The molecule has 0 amide bonds. The normalized spacial score (nSPS) is 10.6. The molecule has 2 aromatic rings. The van der Waals surface area contributed by atoms with E-state index in [1.165, 1.54) is 18.2 Å². The third kappa shape index (κ3) is 5.24. The Balaban J connectivity index is 1.75. The fourth-order valence-corrected chi connectivity index (χ4v) is 1.65. The molecule has 0 bridgehead atoms. The number of carbonyl (C=O) groups is 1. The van der Waals surface area contributed by atoms with E-state index in [0.717, 1.165) is 6.08 Å². The highest BCUT2D eigenvalue weighted by Gasteiger charge is 1.97. The first kappa shape index (κ1) is 15.5. The first-order valence-electron chi connectivity index (χ1n) is 6.63. The second kappa shape index (κ2) is 7.78. The van der Waals surface area contributed by atoms with Crippen LogP contribution in [0.15, 0.2) is 48.7 Å². The molecular weight excluding hydrogens is 287 g/mol. The highest BCUT2D eigenvalue weighted by molar-refractivity contribution is 5.85. The zero-order chi connectivity index (χ0) is 15.8. The van der Waals surface area contributed by atoms with Gasteiger partial charge in [0.05, 0.1) is 6.54 Å². The first-order chi connectivity index (χ1) is 10.6. The molecule has 5 nitrogen and oxygen atoms in total. The van der Waals surface area contributed by atoms with Gasteiger partial charge >= 0.3 is 5.97 Å². The summed E-state index contributed by atoms with van der Waals surface area (Å²) in [4.78, 5) is 14.5. The highest BCUT2D eigenvalue weighted by Crippen LogP contribution is 2.11. The summed E-state index contributed by atoms with van der Waals surface area (Å²) in [6, 6.07) is 9.32. The number of ether oxygens (including phenoxy) is 1. The molecule has 0 atom stereocenters. The van der Waals surface area contributed by atoms with Crippen molar-refractivity contribution >= 4 is 17.9 Å². The zero-order valence-corrected chi connectivity index (χ0v) is 11.7. The van der Waals surface area contributed by atoms with Gasteiger partial charge in [-0.3, -0.25) is 0 Å². The molecule has 0 saturated heterocycles. The van der Waals surface area contributed by atoms with Gasteiger partial charge in [0.1, 0.15) is 24.0 Å². The summed E-state index contributed by atoms with van der Waals surface area (Å²) < 4.78 is 18.2. The molecule has 22 heavy (non-hydrogen) atoms. The highest BCUT2D eigenvalue weighted by atomic mass is 19.1. The van der Waals surface area contributed by atoms with Crippen LogP contribution in [0, 0.1) is 5.82 Å². The number of rotatable bonds is 7. The van der Waals surface area contributed by atoms with E-state index in [9.17, 15) is 9.18 Å². The SMILES string of the molecule is O=C(O)/C=C/c1ccc(NCCOc2ccc(F)cc2)nc1. The van der Waals surface area contributed by atoms with Crippen LogP contribution in [0.25, 0.3) is 6.08 Å². The van der Waals surface area contributed by atoms with Crippen LogP contribution in [0.2, 0.25) is 0 Å². The van der Waals surface area contributed by atoms with Crippen LogP contribution in [-0.2, 0) is 4.79 Å². The van der Waals surface area contributed by atoms with Crippen LogP contribution in [0.4, 0.5) is 10.2 Å². The molecule has 0 aliphatic rings. The largest absolute Gasteiger partial charge is 0.492 e. The summed E-state index contributed by atoms with van der Waals surface area (Å²) in [6.45, 7) is 0.947. The number of carboxylic acids is 1. The minimum atomic E-state index is -1.000. The molecule has 0 radical (unpaired) electrons. The van der Waals surface area contributed by atoms with Crippen LogP contribution >= 0.6 is 0 Å². The van der Waals surface area contributed by atoms with Crippen molar-refractivity contribution < 1.29 is 19.0 Å². The van der Waals surface area contributed by atoms with Gasteiger partial charge in [0, 0.05) is 12.3 Å². The molecule has 1 aromatic heterocycles. The van der Waals surface area contributed by atoms with Crippen LogP contribution in [0.3, 0.4) is 0 Å². The van der Waals surface area contributed by atoms with Gasteiger partial charge in [0.2, 0.25) is 0 Å². The average molecular weight is 302 g/mol. The molecule has 0 spiro atoms. The van der Waals surface area contributed by atoms with Crippen molar-refractivity contribution in [1.82, 2.24) is 4.98 Å². The molecule has 0 aliphatic heterocycles. The maximum atomic E-state index is 12.7. The van der Waals surface area contributed by atoms with Gasteiger partial charge in [0.25, 0.3) is 0 Å². The second-order valence-electron chi connectivity index (χ2n) is 4.38. The summed E-state index contributed by atoms with van der Waals surface area (Å²) >= 11 is 0. The molecule has 2 N–H and O–H groups in total. The quantitative estimate of drug-likeness (QED) is 0.608. The predicted octanol–water partition coefficient (Wildman–Crippen LogP) is 2.81. The van der Waals surface area contributed by atoms with Gasteiger partial charge in [-0.25, -0.2) is 14.2 Å². The van der Waals surface area contributed by atoms with Gasteiger partial charge in [-0.15, -0.1) is 0 Å². The molecule has 0 fully saturated rings. The minimum Gasteiger partial charge on any atom is -0.492 e. The van der Waals surface area contributed by atoms with Crippen LogP contribution < -0.4 is 10.1 Å². The Morgan fingerprint density at radius 1 is 1.27 bits per heavy atom. The number of aromatic nitrogens is 1. The van der Waals surface area contributed by atoms with Gasteiger partial charge < -0.3 is 15.2 Å². The van der Waals surface area contributed by atoms with E-state index in [4.69, 9.17) is 9.84 Å². The Morgan fingerprint density at radius 2 is 2.05 bits per heavy atom. The van der Waals surface area contributed by atoms with Crippen LogP contribution in [0.1, 0.15) is 5.56 Å². The molecule has 1 aromatic carbocycles. The summed E-state index contributed by atoms with van der Waals surface area (Å²) in [7, 11) is 0. The smallest absolute Gasteiger partial charge is 0.328 e. The predicted molar refractivity (Wildman–Crippen MR) is 81.3 cm³/mol. The van der Waals surface area contributed by atoms with E-state index >= 15 is 0 Å². The summed E-state index contributed by atoms with van der Waals surface area (Å²) in [5.74, 6) is -0.0349. The van der Waals surface area contributed by atoms with Crippen molar-refractivity contribution in [3.8, 4) is 5.75 Å². The van der Waals surface area contributed by atoms with E-state index in [-0.39, 0.29) is 5.82 Å². The number of halogens is 1. The molecule has 6 heteroatoms. The van der Waals surface area contributed by atoms with Crippen molar-refractivity contribution in [2.24, 2.45) is 0 Å². The summed E-state index contributed by atoms with van der Waals surface area (Å²) in [5, 5.41) is 11.6. The van der Waals surface area contributed by atoms with Gasteiger partial charge in [-0.05, 0) is 48.0 Å². The number of hydrogen-bond donors (Lipinski definition) is 2. The zero-order valence-electron chi connectivity index (χ0n) is 11.7. The third-order valence-electron chi connectivity index (χ3n) is 2.70. The monoisotopic (exact) mass is 302 g/mol. The van der Waals surface area contributed by atoms with E-state index in [1.807, 2.05) is 0 Å². The van der Waals surface area contributed by atoms with E-state index in [2.05, 4.69) is 10.3 Å². The van der Waals surface area contributed by atoms with E-state index in [0.29, 0.717) is 30.3 Å². The van der Waals surface area contributed by atoms with Gasteiger partial charge in [-0.2, -0.15) is 0 Å². The topological polar surface area (TPSA) is 71.5 Å². The van der Waals surface area contributed by atoms with E-state index < -0.39 is 5.97 Å². The standard InChI is InChI=1S/C16H15FN2O3/c17-13-3-5-14(6-4-13)22-10-9-18-15-7-1-12(11-19-15)2-8-16(20)21/h1-8,11H,9-10H2,(H,18,19)(H,20,21)/b8-2+. The van der Waals surface area contributed by atoms with Crippen molar-refractivity contribution in [2.75, 3.05) is 18.5 Å². The molecule has 0 aliphatic carbocycles. The molecule has 0 unspecified atom stereocenters. The number of nitrogens with one attached hydrogen (secondary N) is 1. The maximum absolute atomic E-state index is 12.7. The Kier molecular flexibility index (Phi) is 5.48. The number of aliphatic carboxylic acids is 1. The van der Waals surface area contributed by atoms with Crippen molar-refractivity contribution in [3.63, 3.8) is 0 Å². The van der Waals surface area contributed by atoms with Crippen molar-refractivity contribution in [1.29, 1.82) is 0 Å². The molecule has 0 saturated carbocycles. The van der Waals surface area contributed by atoms with Crippen molar-refractivity contribution in [2.45, 2.75) is 0 Å². The van der Waals surface area contributed by atoms with Crippen LogP contribution in [-0.4, -0.2) is 29.2 Å². The third-order valence-corrected chi connectivity index (χ3v) is 2.70. The van der Waals surface area contributed by atoms with E-state index in [1.54, 1.807) is 30.5 Å². The van der Waals surface area contributed by atoms with Gasteiger partial charge in [0.15, 0.2) is 0 Å². The number of pyridine rings is 1. The molecule has 2 rings (SSSR count).